The number of nitrogens with two attached hydrogens (primary N) is 1. The van der Waals surface area contributed by atoms with Gasteiger partial charge in [0.1, 0.15) is 0 Å². The summed E-state index contributed by atoms with van der Waals surface area (Å²) in [4.78, 5) is 4.49. The zero-order valence-electron chi connectivity index (χ0n) is 9.83. The highest BCUT2D eigenvalue weighted by molar-refractivity contribution is 7.18. The second-order valence-corrected chi connectivity index (χ2v) is 6.26. The Morgan fingerprint density at radius 1 is 1.28 bits per heavy atom. The van der Waals surface area contributed by atoms with Crippen LogP contribution in [0, 0.1) is 0 Å². The summed E-state index contributed by atoms with van der Waals surface area (Å²) in [5.74, 6) is -2.55. The van der Waals surface area contributed by atoms with E-state index in [4.69, 9.17) is 5.73 Å². The molecular formula is C13H14F2N2S. The molecule has 2 aromatic rings. The summed E-state index contributed by atoms with van der Waals surface area (Å²) in [6.07, 6.45) is 0.893. The molecule has 2 N–H and O–H groups in total. The standard InChI is InChI=1S/C13H14F2N2S/c14-13(15)7-12(16,8-13)6-5-11-17-9-3-1-2-4-10(9)18-11/h1-4H,5-8,16H2. The monoisotopic (exact) mass is 268 g/mol. The van der Waals surface area contributed by atoms with Gasteiger partial charge in [-0.05, 0) is 18.6 Å². The zero-order valence-corrected chi connectivity index (χ0v) is 10.6. The van der Waals surface area contributed by atoms with Crippen molar-refractivity contribution in [2.45, 2.75) is 37.1 Å². The fourth-order valence-corrected chi connectivity index (χ4v) is 3.50. The van der Waals surface area contributed by atoms with Crippen molar-refractivity contribution in [3.63, 3.8) is 0 Å². The first kappa shape index (κ1) is 12.0. The predicted octanol–water partition coefficient (Wildman–Crippen LogP) is 3.36. The Morgan fingerprint density at radius 2 is 2.00 bits per heavy atom. The molecule has 3 rings (SSSR count). The third kappa shape index (κ3) is 2.24. The number of fused-ring (bicyclic) bond motifs is 1. The van der Waals surface area contributed by atoms with Crippen molar-refractivity contribution in [3.8, 4) is 0 Å². The van der Waals surface area contributed by atoms with Crippen molar-refractivity contribution < 1.29 is 8.78 Å². The number of halogens is 2. The van der Waals surface area contributed by atoms with Gasteiger partial charge in [-0.3, -0.25) is 0 Å². The van der Waals surface area contributed by atoms with Gasteiger partial charge in [0.25, 0.3) is 5.92 Å². The molecule has 1 heterocycles. The van der Waals surface area contributed by atoms with E-state index in [9.17, 15) is 8.78 Å². The summed E-state index contributed by atoms with van der Waals surface area (Å²) < 4.78 is 26.8. The second kappa shape index (κ2) is 3.96. The number of hydrogen-bond acceptors (Lipinski definition) is 3. The number of hydrogen-bond donors (Lipinski definition) is 1. The van der Waals surface area contributed by atoms with E-state index in [0.717, 1.165) is 15.2 Å². The first-order valence-electron chi connectivity index (χ1n) is 5.97. The van der Waals surface area contributed by atoms with Crippen molar-refractivity contribution in [3.05, 3.63) is 29.3 Å². The Balaban J connectivity index is 1.67. The van der Waals surface area contributed by atoms with Crippen LogP contribution in [0.1, 0.15) is 24.3 Å². The minimum absolute atomic E-state index is 0.190. The molecule has 5 heteroatoms. The van der Waals surface area contributed by atoms with E-state index in [1.54, 1.807) is 11.3 Å². The zero-order chi connectivity index (χ0) is 12.8. The van der Waals surface area contributed by atoms with E-state index < -0.39 is 11.5 Å². The van der Waals surface area contributed by atoms with Crippen LogP contribution in [0.15, 0.2) is 24.3 Å². The molecule has 1 saturated carbocycles. The molecule has 0 saturated heterocycles. The number of thiazole rings is 1. The Hall–Kier alpha value is -1.07. The van der Waals surface area contributed by atoms with Gasteiger partial charge < -0.3 is 5.73 Å². The van der Waals surface area contributed by atoms with Gasteiger partial charge >= 0.3 is 0 Å². The van der Waals surface area contributed by atoms with Crippen molar-refractivity contribution in [1.29, 1.82) is 0 Å². The summed E-state index contributed by atoms with van der Waals surface area (Å²) in [7, 11) is 0. The molecule has 0 spiro atoms. The lowest BCUT2D eigenvalue weighted by Crippen LogP contribution is -2.58. The van der Waals surface area contributed by atoms with Crippen LogP contribution in [-0.4, -0.2) is 16.4 Å². The molecule has 0 unspecified atom stereocenters. The van der Waals surface area contributed by atoms with Crippen molar-refractivity contribution >= 4 is 21.6 Å². The van der Waals surface area contributed by atoms with E-state index >= 15 is 0 Å². The summed E-state index contributed by atoms with van der Waals surface area (Å²) in [6.45, 7) is 0. The molecule has 18 heavy (non-hydrogen) atoms. The smallest absolute Gasteiger partial charge is 0.251 e. The summed E-state index contributed by atoms with van der Waals surface area (Å²) in [5, 5.41) is 0.983. The summed E-state index contributed by atoms with van der Waals surface area (Å²) in [6, 6.07) is 7.90. The van der Waals surface area contributed by atoms with Crippen LogP contribution < -0.4 is 5.73 Å². The normalized spacial score (nSPS) is 20.8. The SMILES string of the molecule is NC1(CCc2nc3ccccc3s2)CC(F)(F)C1. The van der Waals surface area contributed by atoms with Crippen LogP contribution in [0.25, 0.3) is 10.2 Å². The first-order valence-corrected chi connectivity index (χ1v) is 6.79. The van der Waals surface area contributed by atoms with Crippen LogP contribution in [0.5, 0.6) is 0 Å². The number of aryl methyl sites for hydroxylation is 1. The van der Waals surface area contributed by atoms with Crippen LogP contribution in [0.2, 0.25) is 0 Å². The van der Waals surface area contributed by atoms with E-state index in [-0.39, 0.29) is 12.8 Å². The molecule has 0 radical (unpaired) electrons. The highest BCUT2D eigenvalue weighted by Crippen LogP contribution is 2.46. The largest absolute Gasteiger partial charge is 0.325 e. The molecule has 0 aliphatic heterocycles. The van der Waals surface area contributed by atoms with Crippen LogP contribution in [0.3, 0.4) is 0 Å². The second-order valence-electron chi connectivity index (χ2n) is 5.15. The lowest BCUT2D eigenvalue weighted by Gasteiger charge is -2.44. The first-order chi connectivity index (χ1) is 8.46. The van der Waals surface area contributed by atoms with Gasteiger partial charge in [0.15, 0.2) is 0 Å². The fraction of sp³-hybridized carbons (Fsp3) is 0.462. The quantitative estimate of drug-likeness (QED) is 0.927. The molecule has 2 nitrogen and oxygen atoms in total. The van der Waals surface area contributed by atoms with Gasteiger partial charge in [0.2, 0.25) is 0 Å². The minimum Gasteiger partial charge on any atom is -0.325 e. The average Bonchev–Trinajstić information content (AvgIpc) is 2.66. The molecule has 1 aromatic heterocycles. The maximum absolute atomic E-state index is 12.8. The third-order valence-corrected chi connectivity index (χ3v) is 4.49. The van der Waals surface area contributed by atoms with Crippen LogP contribution >= 0.6 is 11.3 Å². The summed E-state index contributed by atoms with van der Waals surface area (Å²) in [5.41, 5.74) is 6.20. The molecule has 1 aliphatic carbocycles. The van der Waals surface area contributed by atoms with Crippen LogP contribution in [-0.2, 0) is 6.42 Å². The highest BCUT2D eigenvalue weighted by atomic mass is 32.1. The lowest BCUT2D eigenvalue weighted by molar-refractivity contribution is -0.124. The predicted molar refractivity (Wildman–Crippen MR) is 69.0 cm³/mol. The van der Waals surface area contributed by atoms with E-state index in [0.29, 0.717) is 12.8 Å². The average molecular weight is 268 g/mol. The molecule has 1 aliphatic rings. The highest BCUT2D eigenvalue weighted by Gasteiger charge is 2.53. The Morgan fingerprint density at radius 3 is 2.67 bits per heavy atom. The molecule has 96 valence electrons. The minimum atomic E-state index is -2.55. The molecule has 0 amide bonds. The maximum atomic E-state index is 12.8. The number of benzene rings is 1. The molecule has 1 aromatic carbocycles. The van der Waals surface area contributed by atoms with E-state index in [1.807, 2.05) is 24.3 Å². The topological polar surface area (TPSA) is 38.9 Å². The van der Waals surface area contributed by atoms with Crippen LogP contribution in [0.4, 0.5) is 8.78 Å². The van der Waals surface area contributed by atoms with Gasteiger partial charge in [0.05, 0.1) is 15.2 Å². The Bertz CT molecular complexity index is 538. The molecular weight excluding hydrogens is 254 g/mol. The van der Waals surface area contributed by atoms with Gasteiger partial charge in [0, 0.05) is 24.8 Å². The number of rotatable bonds is 3. The summed E-state index contributed by atoms with van der Waals surface area (Å²) >= 11 is 1.62. The van der Waals surface area contributed by atoms with Crippen molar-refractivity contribution in [2.24, 2.45) is 5.73 Å². The number of aromatic nitrogens is 1. The molecule has 0 bridgehead atoms. The van der Waals surface area contributed by atoms with Gasteiger partial charge in [-0.2, -0.15) is 0 Å². The maximum Gasteiger partial charge on any atom is 0.251 e. The molecule has 0 atom stereocenters. The molecule has 1 fully saturated rings. The Kier molecular flexibility index (Phi) is 2.64. The van der Waals surface area contributed by atoms with Crippen molar-refractivity contribution in [1.82, 2.24) is 4.98 Å². The van der Waals surface area contributed by atoms with Gasteiger partial charge in [-0.1, -0.05) is 12.1 Å². The number of para-hydroxylation sites is 1. The Labute approximate surface area is 108 Å². The van der Waals surface area contributed by atoms with E-state index in [1.165, 1.54) is 0 Å². The van der Waals surface area contributed by atoms with E-state index in [2.05, 4.69) is 4.98 Å². The van der Waals surface area contributed by atoms with Gasteiger partial charge in [-0.15, -0.1) is 11.3 Å². The van der Waals surface area contributed by atoms with Crippen molar-refractivity contribution in [2.75, 3.05) is 0 Å². The van der Waals surface area contributed by atoms with Gasteiger partial charge in [-0.25, -0.2) is 13.8 Å². The lowest BCUT2D eigenvalue weighted by atomic mass is 9.71. The fourth-order valence-electron chi connectivity index (χ4n) is 2.54. The number of nitrogens with zero attached hydrogens (tertiary/aromatic N) is 1. The number of alkyl halides is 2. The third-order valence-electron chi connectivity index (χ3n) is 3.40.